The number of aromatic nitrogens is 1. The maximum Gasteiger partial charge on any atom is 0.0306 e. The fourth-order valence-corrected chi connectivity index (χ4v) is 3.02. The maximum absolute atomic E-state index is 4.30. The molecule has 0 amide bonds. The number of hydrogen-bond donors (Lipinski definition) is 1. The zero-order valence-electron chi connectivity index (χ0n) is 12.2. The topological polar surface area (TPSA) is 24.9 Å². The molecule has 0 aromatic carbocycles. The van der Waals surface area contributed by atoms with E-state index in [1.54, 1.807) is 0 Å². The van der Waals surface area contributed by atoms with Gasteiger partial charge in [0.2, 0.25) is 0 Å². The van der Waals surface area contributed by atoms with Crippen molar-refractivity contribution in [3.63, 3.8) is 0 Å². The first-order valence-corrected chi connectivity index (χ1v) is 7.09. The van der Waals surface area contributed by atoms with Crippen molar-refractivity contribution in [1.82, 2.24) is 10.3 Å². The normalized spacial score (nSPS) is 27.9. The minimum atomic E-state index is 0.322. The molecule has 1 N–H and O–H groups in total. The Morgan fingerprint density at radius 1 is 1.39 bits per heavy atom. The molecule has 1 aliphatic carbocycles. The average molecular weight is 246 g/mol. The fraction of sp³-hybridized carbons (Fsp3) is 0.688. The van der Waals surface area contributed by atoms with Crippen LogP contribution in [0, 0.1) is 11.3 Å². The van der Waals surface area contributed by atoms with E-state index in [1.165, 1.54) is 18.4 Å². The first-order valence-electron chi connectivity index (χ1n) is 7.09. The van der Waals surface area contributed by atoms with Crippen molar-refractivity contribution in [2.45, 2.75) is 46.0 Å². The number of nitrogens with zero attached hydrogens (tertiary/aromatic N) is 1. The van der Waals surface area contributed by atoms with Crippen LogP contribution in [0.1, 0.15) is 46.1 Å². The third-order valence-corrected chi connectivity index (χ3v) is 4.49. The molecule has 0 atom stereocenters. The molecule has 2 nitrogen and oxygen atoms in total. The summed E-state index contributed by atoms with van der Waals surface area (Å²) in [7, 11) is 0. The largest absolute Gasteiger partial charge is 0.316 e. The lowest BCUT2D eigenvalue weighted by Crippen LogP contribution is -2.52. The van der Waals surface area contributed by atoms with Crippen LogP contribution in [-0.2, 0) is 5.41 Å². The zero-order valence-corrected chi connectivity index (χ0v) is 12.2. The highest BCUT2D eigenvalue weighted by atomic mass is 14.9. The summed E-state index contributed by atoms with van der Waals surface area (Å²) in [6.45, 7) is 11.4. The first-order chi connectivity index (χ1) is 8.48. The molecule has 1 saturated carbocycles. The molecular formula is C16H26N2. The quantitative estimate of drug-likeness (QED) is 0.881. The monoisotopic (exact) mass is 246 g/mol. The lowest BCUT2D eigenvalue weighted by Gasteiger charge is -2.53. The van der Waals surface area contributed by atoms with Crippen molar-refractivity contribution < 1.29 is 0 Å². The number of likely N-dealkylation sites (N-methyl/N-ethyl adjacent to an activating group) is 1. The Labute approximate surface area is 111 Å². The van der Waals surface area contributed by atoms with Gasteiger partial charge in [0.15, 0.2) is 0 Å². The molecule has 0 bridgehead atoms. The molecule has 0 saturated heterocycles. The molecule has 0 unspecified atom stereocenters. The van der Waals surface area contributed by atoms with Gasteiger partial charge in [-0.05, 0) is 42.3 Å². The molecule has 18 heavy (non-hydrogen) atoms. The molecular weight excluding hydrogens is 220 g/mol. The van der Waals surface area contributed by atoms with E-state index < -0.39 is 0 Å². The van der Waals surface area contributed by atoms with Gasteiger partial charge in [0.05, 0.1) is 0 Å². The summed E-state index contributed by atoms with van der Waals surface area (Å²) in [4.78, 5) is 4.30. The number of nitrogens with one attached hydrogen (secondary N) is 1. The fourth-order valence-electron chi connectivity index (χ4n) is 3.02. The van der Waals surface area contributed by atoms with Crippen LogP contribution >= 0.6 is 0 Å². The molecule has 100 valence electrons. The number of hydrogen-bond acceptors (Lipinski definition) is 2. The van der Waals surface area contributed by atoms with E-state index in [1.807, 2.05) is 6.20 Å². The third kappa shape index (κ3) is 2.59. The Morgan fingerprint density at radius 2 is 2.11 bits per heavy atom. The third-order valence-electron chi connectivity index (χ3n) is 4.49. The van der Waals surface area contributed by atoms with Gasteiger partial charge in [-0.2, -0.15) is 0 Å². The second kappa shape index (κ2) is 5.00. The van der Waals surface area contributed by atoms with Gasteiger partial charge in [-0.15, -0.1) is 0 Å². The standard InChI is InChI=1S/C16H26N2/c1-5-17-12-16(13-7-6-8-18-11-13)9-14(10-16)15(2,3)4/h6-8,11,14,17H,5,9-10,12H2,1-4H3. The summed E-state index contributed by atoms with van der Waals surface area (Å²) in [5, 5.41) is 3.53. The Morgan fingerprint density at radius 3 is 2.61 bits per heavy atom. The van der Waals surface area contributed by atoms with E-state index in [9.17, 15) is 0 Å². The highest BCUT2D eigenvalue weighted by Crippen LogP contribution is 2.53. The van der Waals surface area contributed by atoms with Crippen LogP contribution in [-0.4, -0.2) is 18.1 Å². The van der Waals surface area contributed by atoms with Crippen LogP contribution in [0.4, 0.5) is 0 Å². The highest BCUT2D eigenvalue weighted by molar-refractivity contribution is 5.27. The van der Waals surface area contributed by atoms with Crippen LogP contribution in [0.2, 0.25) is 0 Å². The molecule has 0 spiro atoms. The maximum atomic E-state index is 4.30. The van der Waals surface area contributed by atoms with E-state index in [0.29, 0.717) is 10.8 Å². The molecule has 1 fully saturated rings. The van der Waals surface area contributed by atoms with Gasteiger partial charge in [0.25, 0.3) is 0 Å². The predicted molar refractivity (Wildman–Crippen MR) is 76.6 cm³/mol. The predicted octanol–water partition coefficient (Wildman–Crippen LogP) is 3.39. The van der Waals surface area contributed by atoms with E-state index in [4.69, 9.17) is 0 Å². The molecule has 2 rings (SSSR count). The van der Waals surface area contributed by atoms with E-state index in [2.05, 4.69) is 56.3 Å². The average Bonchev–Trinajstić information content (AvgIpc) is 2.27. The van der Waals surface area contributed by atoms with E-state index in [-0.39, 0.29) is 0 Å². The smallest absolute Gasteiger partial charge is 0.0306 e. The Kier molecular flexibility index (Phi) is 3.76. The van der Waals surface area contributed by atoms with Gasteiger partial charge < -0.3 is 5.32 Å². The van der Waals surface area contributed by atoms with Gasteiger partial charge >= 0.3 is 0 Å². The summed E-state index contributed by atoms with van der Waals surface area (Å²) in [5.41, 5.74) is 2.16. The van der Waals surface area contributed by atoms with Gasteiger partial charge in [0.1, 0.15) is 0 Å². The van der Waals surface area contributed by atoms with Crippen LogP contribution in [0.3, 0.4) is 0 Å². The van der Waals surface area contributed by atoms with Crippen molar-refractivity contribution in [3.05, 3.63) is 30.1 Å². The minimum absolute atomic E-state index is 0.322. The van der Waals surface area contributed by atoms with Crippen LogP contribution in [0.5, 0.6) is 0 Å². The summed E-state index contributed by atoms with van der Waals surface area (Å²) in [6, 6.07) is 4.30. The lowest BCUT2D eigenvalue weighted by atomic mass is 9.52. The number of pyridine rings is 1. The number of rotatable bonds is 4. The SMILES string of the molecule is CCNCC1(c2cccnc2)CC(C(C)(C)C)C1. The Bertz CT molecular complexity index is 372. The molecule has 1 aromatic rings. The highest BCUT2D eigenvalue weighted by Gasteiger charge is 2.49. The van der Waals surface area contributed by atoms with Gasteiger partial charge in [0, 0.05) is 24.4 Å². The summed E-state index contributed by atoms with van der Waals surface area (Å²) in [5.74, 6) is 0.830. The van der Waals surface area contributed by atoms with Crippen molar-refractivity contribution in [2.24, 2.45) is 11.3 Å². The Hall–Kier alpha value is -0.890. The molecule has 1 aliphatic rings. The van der Waals surface area contributed by atoms with Gasteiger partial charge in [-0.25, -0.2) is 0 Å². The molecule has 2 heteroatoms. The summed E-state index contributed by atoms with van der Waals surface area (Å²) < 4.78 is 0. The van der Waals surface area contributed by atoms with E-state index in [0.717, 1.165) is 19.0 Å². The van der Waals surface area contributed by atoms with Gasteiger partial charge in [-0.3, -0.25) is 4.98 Å². The van der Waals surface area contributed by atoms with Crippen molar-refractivity contribution >= 4 is 0 Å². The first kappa shape index (κ1) is 13.5. The molecule has 0 aliphatic heterocycles. The van der Waals surface area contributed by atoms with Crippen LogP contribution in [0.15, 0.2) is 24.5 Å². The van der Waals surface area contributed by atoms with Crippen molar-refractivity contribution in [1.29, 1.82) is 0 Å². The summed E-state index contributed by atoms with van der Waals surface area (Å²) >= 11 is 0. The molecule has 0 radical (unpaired) electrons. The second-order valence-corrected chi connectivity index (χ2v) is 6.77. The van der Waals surface area contributed by atoms with Crippen molar-refractivity contribution in [3.8, 4) is 0 Å². The lowest BCUT2D eigenvalue weighted by molar-refractivity contribution is 0.0450. The van der Waals surface area contributed by atoms with Gasteiger partial charge in [-0.1, -0.05) is 33.8 Å². The van der Waals surface area contributed by atoms with Crippen molar-refractivity contribution in [2.75, 3.05) is 13.1 Å². The molecule has 1 heterocycles. The molecule has 1 aromatic heterocycles. The Balaban J connectivity index is 2.14. The minimum Gasteiger partial charge on any atom is -0.316 e. The zero-order chi connectivity index (χ0) is 13.2. The van der Waals surface area contributed by atoms with E-state index >= 15 is 0 Å². The van der Waals surface area contributed by atoms with Crippen LogP contribution < -0.4 is 5.32 Å². The van der Waals surface area contributed by atoms with Crippen LogP contribution in [0.25, 0.3) is 0 Å². The summed E-state index contributed by atoms with van der Waals surface area (Å²) in [6.07, 6.45) is 6.49. The second-order valence-electron chi connectivity index (χ2n) is 6.77.